The molecule has 0 radical (unpaired) electrons. The Bertz CT molecular complexity index is 1020. The molecule has 2 aromatic carbocycles. The molecule has 0 saturated heterocycles. The first-order valence-electron chi connectivity index (χ1n) is 9.26. The van der Waals surface area contributed by atoms with E-state index in [4.69, 9.17) is 0 Å². The van der Waals surface area contributed by atoms with Gasteiger partial charge in [0.1, 0.15) is 5.69 Å². The topological polar surface area (TPSA) is 74.3 Å². The third kappa shape index (κ3) is 5.19. The summed E-state index contributed by atoms with van der Waals surface area (Å²) < 4.78 is 0. The lowest BCUT2D eigenvalue weighted by atomic mass is 10.1. The van der Waals surface area contributed by atoms with Crippen molar-refractivity contribution in [3.05, 3.63) is 83.2 Å². The lowest BCUT2D eigenvalue weighted by Crippen LogP contribution is -2.17. The number of hydrogen-bond donors (Lipinski definition) is 2. The number of benzene rings is 2. The zero-order valence-electron chi connectivity index (χ0n) is 17.0. The van der Waals surface area contributed by atoms with Gasteiger partial charge in [-0.15, -0.1) is 0 Å². The van der Waals surface area contributed by atoms with E-state index >= 15 is 0 Å². The molecule has 29 heavy (non-hydrogen) atoms. The van der Waals surface area contributed by atoms with E-state index in [1.807, 2.05) is 75.3 Å². The number of nitrogens with one attached hydrogen (secondary N) is 2. The summed E-state index contributed by atoms with van der Waals surface area (Å²) in [4.78, 5) is 31.2. The highest BCUT2D eigenvalue weighted by molar-refractivity contribution is 6.07. The maximum atomic E-state index is 12.6. The van der Waals surface area contributed by atoms with E-state index in [0.29, 0.717) is 11.3 Å². The lowest BCUT2D eigenvalue weighted by molar-refractivity contribution is 0.102. The number of rotatable bonds is 5. The number of carbonyl (C=O) groups excluding carboxylic acids is 2. The van der Waals surface area contributed by atoms with Gasteiger partial charge in [0, 0.05) is 42.9 Å². The molecule has 0 fully saturated rings. The van der Waals surface area contributed by atoms with Crippen LogP contribution in [-0.2, 0) is 0 Å². The highest BCUT2D eigenvalue weighted by atomic mass is 16.2. The summed E-state index contributed by atoms with van der Waals surface area (Å²) in [5, 5.41) is 5.67. The molecule has 0 bridgehead atoms. The van der Waals surface area contributed by atoms with Gasteiger partial charge < -0.3 is 15.5 Å². The van der Waals surface area contributed by atoms with Crippen LogP contribution in [0.5, 0.6) is 0 Å². The number of carbonyl (C=O) groups is 2. The molecule has 148 valence electrons. The molecule has 0 spiro atoms. The van der Waals surface area contributed by atoms with Gasteiger partial charge in [0.05, 0.1) is 0 Å². The van der Waals surface area contributed by atoms with Gasteiger partial charge >= 0.3 is 0 Å². The minimum atomic E-state index is -0.372. The summed E-state index contributed by atoms with van der Waals surface area (Å²) >= 11 is 0. The fraction of sp³-hybridized carbons (Fsp3) is 0.174. The first-order chi connectivity index (χ1) is 13.8. The summed E-state index contributed by atoms with van der Waals surface area (Å²) in [5.41, 5.74) is 5.09. The second kappa shape index (κ2) is 8.56. The van der Waals surface area contributed by atoms with Crippen molar-refractivity contribution in [3.63, 3.8) is 0 Å². The average Bonchev–Trinajstić information content (AvgIpc) is 2.67. The molecule has 0 aliphatic carbocycles. The van der Waals surface area contributed by atoms with Gasteiger partial charge in [-0.3, -0.25) is 14.6 Å². The molecule has 3 aromatic rings. The van der Waals surface area contributed by atoms with Crippen molar-refractivity contribution in [2.75, 3.05) is 29.6 Å². The Morgan fingerprint density at radius 2 is 1.41 bits per heavy atom. The summed E-state index contributed by atoms with van der Waals surface area (Å²) in [5.74, 6) is -0.662. The van der Waals surface area contributed by atoms with Gasteiger partial charge in [0.25, 0.3) is 11.8 Å². The Balaban J connectivity index is 1.72. The smallest absolute Gasteiger partial charge is 0.274 e. The molecule has 0 atom stereocenters. The average molecular weight is 388 g/mol. The van der Waals surface area contributed by atoms with Crippen molar-refractivity contribution in [1.29, 1.82) is 0 Å². The largest absolute Gasteiger partial charge is 0.378 e. The number of aromatic nitrogens is 1. The normalized spacial score (nSPS) is 10.3. The van der Waals surface area contributed by atoms with Crippen molar-refractivity contribution in [3.8, 4) is 0 Å². The molecule has 0 aliphatic rings. The molecule has 0 saturated carbocycles. The highest BCUT2D eigenvalue weighted by Crippen LogP contribution is 2.17. The maximum Gasteiger partial charge on any atom is 0.274 e. The van der Waals surface area contributed by atoms with Crippen LogP contribution >= 0.6 is 0 Å². The van der Waals surface area contributed by atoms with Gasteiger partial charge in [-0.25, -0.2) is 0 Å². The first kappa shape index (κ1) is 20.1. The maximum absolute atomic E-state index is 12.6. The van der Waals surface area contributed by atoms with Crippen LogP contribution in [0.3, 0.4) is 0 Å². The van der Waals surface area contributed by atoms with Crippen LogP contribution in [-0.4, -0.2) is 30.9 Å². The van der Waals surface area contributed by atoms with Crippen molar-refractivity contribution in [1.82, 2.24) is 4.98 Å². The Morgan fingerprint density at radius 3 is 2.03 bits per heavy atom. The number of pyridine rings is 1. The molecule has 0 unspecified atom stereocenters. The predicted molar refractivity (Wildman–Crippen MR) is 117 cm³/mol. The second-order valence-corrected chi connectivity index (χ2v) is 7.16. The Kier molecular flexibility index (Phi) is 5.93. The quantitative estimate of drug-likeness (QED) is 0.685. The van der Waals surface area contributed by atoms with Crippen LogP contribution in [0.4, 0.5) is 17.1 Å². The van der Waals surface area contributed by atoms with Crippen molar-refractivity contribution < 1.29 is 9.59 Å². The van der Waals surface area contributed by atoms with E-state index in [2.05, 4.69) is 15.6 Å². The zero-order valence-corrected chi connectivity index (χ0v) is 17.0. The van der Waals surface area contributed by atoms with Crippen LogP contribution < -0.4 is 15.5 Å². The molecule has 1 aromatic heterocycles. The van der Waals surface area contributed by atoms with Crippen LogP contribution in [0.15, 0.2) is 60.8 Å². The molecule has 2 N–H and O–H groups in total. The fourth-order valence-electron chi connectivity index (χ4n) is 2.98. The van der Waals surface area contributed by atoms with Gasteiger partial charge in [0.15, 0.2) is 0 Å². The number of aryl methyl sites for hydroxylation is 2. The predicted octanol–water partition coefficient (Wildman–Crippen LogP) is 4.27. The molecule has 2 amide bonds. The molecule has 3 rings (SSSR count). The van der Waals surface area contributed by atoms with E-state index in [1.165, 1.54) is 12.3 Å². The lowest BCUT2D eigenvalue weighted by Gasteiger charge is -2.13. The molecule has 0 aliphatic heterocycles. The van der Waals surface area contributed by atoms with E-state index in [9.17, 15) is 9.59 Å². The molecule has 1 heterocycles. The highest BCUT2D eigenvalue weighted by Gasteiger charge is 2.13. The molecule has 6 nitrogen and oxygen atoms in total. The van der Waals surface area contributed by atoms with Crippen LogP contribution in [0, 0.1) is 13.8 Å². The summed E-state index contributed by atoms with van der Waals surface area (Å²) in [7, 11) is 3.90. The van der Waals surface area contributed by atoms with Crippen LogP contribution in [0.2, 0.25) is 0 Å². The monoisotopic (exact) mass is 388 g/mol. The van der Waals surface area contributed by atoms with Gasteiger partial charge in [0.2, 0.25) is 0 Å². The fourth-order valence-corrected chi connectivity index (χ4v) is 2.98. The van der Waals surface area contributed by atoms with E-state index in [-0.39, 0.29) is 17.5 Å². The number of hydrogen-bond acceptors (Lipinski definition) is 4. The van der Waals surface area contributed by atoms with E-state index in [1.54, 1.807) is 6.07 Å². The Hall–Kier alpha value is -3.67. The second-order valence-electron chi connectivity index (χ2n) is 7.16. The van der Waals surface area contributed by atoms with Crippen molar-refractivity contribution in [2.24, 2.45) is 0 Å². The Labute approximate surface area is 170 Å². The molecular formula is C23H24N4O2. The Morgan fingerprint density at radius 1 is 0.793 bits per heavy atom. The van der Waals surface area contributed by atoms with E-state index in [0.717, 1.165) is 22.5 Å². The van der Waals surface area contributed by atoms with Gasteiger partial charge in [-0.1, -0.05) is 6.07 Å². The van der Waals surface area contributed by atoms with Crippen LogP contribution in [0.25, 0.3) is 0 Å². The third-order valence-electron chi connectivity index (χ3n) is 4.38. The van der Waals surface area contributed by atoms with Crippen LogP contribution in [0.1, 0.15) is 32.0 Å². The summed E-state index contributed by atoms with van der Waals surface area (Å²) in [6, 6.07) is 16.4. The summed E-state index contributed by atoms with van der Waals surface area (Å²) in [6.45, 7) is 3.95. The molecular weight excluding hydrogens is 364 g/mol. The number of anilines is 3. The molecule has 6 heteroatoms. The SMILES string of the molecule is Cc1cc(C)cc(NC(=O)c2ccnc(C(=O)Nc3ccc(N(C)C)cc3)c2)c1. The minimum Gasteiger partial charge on any atom is -0.378 e. The van der Waals surface area contributed by atoms with Gasteiger partial charge in [-0.2, -0.15) is 0 Å². The minimum absolute atomic E-state index is 0.176. The standard InChI is InChI=1S/C23H24N4O2/c1-15-11-16(2)13-19(12-15)26-22(28)17-9-10-24-21(14-17)23(29)25-18-5-7-20(8-6-18)27(3)4/h5-14H,1-4H3,(H,25,29)(H,26,28). The van der Waals surface area contributed by atoms with Crippen molar-refractivity contribution >= 4 is 28.9 Å². The number of nitrogens with zero attached hydrogens (tertiary/aromatic N) is 2. The number of amides is 2. The van der Waals surface area contributed by atoms with Crippen molar-refractivity contribution in [2.45, 2.75) is 13.8 Å². The van der Waals surface area contributed by atoms with E-state index < -0.39 is 0 Å². The first-order valence-corrected chi connectivity index (χ1v) is 9.26. The summed E-state index contributed by atoms with van der Waals surface area (Å²) in [6.07, 6.45) is 1.46. The van der Waals surface area contributed by atoms with Gasteiger partial charge in [-0.05, 0) is 73.5 Å². The zero-order chi connectivity index (χ0) is 21.0. The third-order valence-corrected chi connectivity index (χ3v) is 4.38.